The molecule has 3 heterocycles. The molecule has 0 bridgehead atoms. The van der Waals surface area contributed by atoms with Crippen LogP contribution in [0, 0.1) is 0 Å². The molecule has 2 atom stereocenters. The zero-order valence-electron chi connectivity index (χ0n) is 15.9. The van der Waals surface area contributed by atoms with E-state index in [0.717, 1.165) is 5.56 Å². The minimum Gasteiger partial charge on any atom is -0.508 e. The molecule has 1 aromatic heterocycles. The average Bonchev–Trinajstić information content (AvgIpc) is 2.70. The van der Waals surface area contributed by atoms with Gasteiger partial charge in [-0.3, -0.25) is 0 Å². The number of benzene rings is 1. The van der Waals surface area contributed by atoms with E-state index in [1.165, 1.54) is 18.3 Å². The summed E-state index contributed by atoms with van der Waals surface area (Å²) in [6.07, 6.45) is 1.58. The van der Waals surface area contributed by atoms with Gasteiger partial charge in [-0.1, -0.05) is 6.07 Å². The number of aromatic hydroxyl groups is 1. The second kappa shape index (κ2) is 8.03. The van der Waals surface area contributed by atoms with E-state index in [-0.39, 0.29) is 24.7 Å². The smallest absolute Gasteiger partial charge is 0.420 e. The molecule has 2 aliphatic rings. The number of rotatable bonds is 7. The summed E-state index contributed by atoms with van der Waals surface area (Å²) < 4.78 is 22.0. The Hall–Kier alpha value is -3.60. The van der Waals surface area contributed by atoms with Crippen LogP contribution in [0.3, 0.4) is 0 Å². The number of carbonyl (C=O) groups is 2. The first-order chi connectivity index (χ1) is 14.4. The zero-order chi connectivity index (χ0) is 21.1. The van der Waals surface area contributed by atoms with Crippen molar-refractivity contribution in [3.8, 4) is 17.4 Å². The van der Waals surface area contributed by atoms with Crippen molar-refractivity contribution in [3.63, 3.8) is 0 Å². The van der Waals surface area contributed by atoms with Gasteiger partial charge in [0.1, 0.15) is 11.5 Å². The van der Waals surface area contributed by atoms with Crippen LogP contribution in [-0.4, -0.2) is 58.6 Å². The molecule has 2 unspecified atom stereocenters. The Bertz CT molecular complexity index is 970. The maximum Gasteiger partial charge on any atom is 0.420 e. The number of nitrogens with two attached hydrogens (primary N) is 1. The van der Waals surface area contributed by atoms with Gasteiger partial charge in [0.25, 0.3) is 0 Å². The molecule has 11 nitrogen and oxygen atoms in total. The highest BCUT2D eigenvalue weighted by molar-refractivity contribution is 6.30. The Morgan fingerprint density at radius 3 is 2.97 bits per heavy atom. The number of phenols is 1. The molecule has 158 valence electrons. The Morgan fingerprint density at radius 2 is 2.13 bits per heavy atom. The van der Waals surface area contributed by atoms with Crippen molar-refractivity contribution in [1.82, 2.24) is 15.3 Å². The first-order valence-corrected chi connectivity index (χ1v) is 9.32. The van der Waals surface area contributed by atoms with E-state index < -0.39 is 23.8 Å². The maximum atomic E-state index is 11.9. The lowest BCUT2D eigenvalue weighted by molar-refractivity contribution is -0.264. The highest BCUT2D eigenvalue weighted by Gasteiger charge is 2.55. The van der Waals surface area contributed by atoms with E-state index >= 15 is 0 Å². The number of hydrogen-bond donors (Lipinski definition) is 3. The molecule has 0 radical (unpaired) electrons. The van der Waals surface area contributed by atoms with Crippen LogP contribution in [0.1, 0.15) is 12.0 Å². The first-order valence-electron chi connectivity index (χ1n) is 9.32. The standard InChI is InChI=1S/C19H20N4O7/c20-18-22-6-4-15(23-18)27-7-1-5-21-10-19-14(28-16(25)17(26)30-19)8-11-2-3-12(24)9-13(11)29-19/h2-4,6,9,14,21,24H,1,5,7-8,10H2,(H2,20,22,23). The molecule has 1 saturated heterocycles. The molecule has 1 fully saturated rings. The minimum atomic E-state index is -1.52. The molecular formula is C19H20N4O7. The van der Waals surface area contributed by atoms with Crippen molar-refractivity contribution in [2.75, 3.05) is 25.4 Å². The summed E-state index contributed by atoms with van der Waals surface area (Å²) in [5.41, 5.74) is 6.23. The number of nitrogen functional groups attached to an aromatic ring is 1. The number of ether oxygens (including phenoxy) is 4. The van der Waals surface area contributed by atoms with Crippen LogP contribution in [0.15, 0.2) is 30.5 Å². The number of aromatic nitrogens is 2. The van der Waals surface area contributed by atoms with Crippen molar-refractivity contribution in [3.05, 3.63) is 36.0 Å². The van der Waals surface area contributed by atoms with E-state index in [1.807, 2.05) is 0 Å². The summed E-state index contributed by atoms with van der Waals surface area (Å²) >= 11 is 0. The topological polar surface area (TPSA) is 155 Å². The highest BCUT2D eigenvalue weighted by Crippen LogP contribution is 2.39. The molecule has 0 saturated carbocycles. The van der Waals surface area contributed by atoms with Gasteiger partial charge in [0.15, 0.2) is 6.10 Å². The predicted molar refractivity (Wildman–Crippen MR) is 101 cm³/mol. The third-order valence-electron chi connectivity index (χ3n) is 4.68. The summed E-state index contributed by atoms with van der Waals surface area (Å²) in [5, 5.41) is 12.9. The summed E-state index contributed by atoms with van der Waals surface area (Å²) in [4.78, 5) is 31.3. The lowest BCUT2D eigenvalue weighted by Gasteiger charge is -2.44. The molecule has 4 rings (SSSR count). The third kappa shape index (κ3) is 4.06. The number of fused-ring (bicyclic) bond motifs is 2. The van der Waals surface area contributed by atoms with Gasteiger partial charge < -0.3 is 35.1 Å². The fourth-order valence-corrected chi connectivity index (χ4v) is 3.27. The normalized spacial score (nSPS) is 22.2. The lowest BCUT2D eigenvalue weighted by atomic mass is 9.95. The predicted octanol–water partition coefficient (Wildman–Crippen LogP) is -0.0771. The van der Waals surface area contributed by atoms with Crippen molar-refractivity contribution in [2.24, 2.45) is 0 Å². The van der Waals surface area contributed by atoms with Crippen LogP contribution < -0.4 is 20.5 Å². The second-order valence-electron chi connectivity index (χ2n) is 6.83. The SMILES string of the molecule is Nc1nccc(OCCCNCC23OC(=O)C(=O)OC2Cc2ccc(O)cc2O3)n1. The second-order valence-corrected chi connectivity index (χ2v) is 6.83. The van der Waals surface area contributed by atoms with Crippen LogP contribution >= 0.6 is 0 Å². The van der Waals surface area contributed by atoms with E-state index in [0.29, 0.717) is 31.2 Å². The number of carbonyl (C=O) groups excluding carboxylic acids is 2. The van der Waals surface area contributed by atoms with Gasteiger partial charge in [-0.15, -0.1) is 0 Å². The van der Waals surface area contributed by atoms with Gasteiger partial charge >= 0.3 is 17.7 Å². The zero-order valence-corrected chi connectivity index (χ0v) is 15.9. The third-order valence-corrected chi connectivity index (χ3v) is 4.68. The monoisotopic (exact) mass is 416 g/mol. The maximum absolute atomic E-state index is 11.9. The summed E-state index contributed by atoms with van der Waals surface area (Å²) in [6.45, 7) is 0.940. The van der Waals surface area contributed by atoms with Gasteiger partial charge in [0.2, 0.25) is 11.8 Å². The Balaban J connectivity index is 1.36. The fourth-order valence-electron chi connectivity index (χ4n) is 3.27. The Kier molecular flexibility index (Phi) is 5.27. The summed E-state index contributed by atoms with van der Waals surface area (Å²) in [5.74, 6) is -2.82. The van der Waals surface area contributed by atoms with Gasteiger partial charge in [-0.05, 0) is 24.6 Å². The Labute approximate surface area is 171 Å². The molecule has 0 amide bonds. The first kappa shape index (κ1) is 19.7. The van der Waals surface area contributed by atoms with E-state index in [4.69, 9.17) is 24.7 Å². The molecule has 2 aliphatic heterocycles. The fraction of sp³-hybridized carbons (Fsp3) is 0.368. The largest absolute Gasteiger partial charge is 0.508 e. The van der Waals surface area contributed by atoms with Crippen LogP contribution in [0.2, 0.25) is 0 Å². The van der Waals surface area contributed by atoms with Crippen molar-refractivity contribution >= 4 is 17.9 Å². The number of phenolic OH excluding ortho intramolecular Hbond substituents is 1. The molecule has 0 spiro atoms. The van der Waals surface area contributed by atoms with Gasteiger partial charge in [0, 0.05) is 24.8 Å². The molecule has 30 heavy (non-hydrogen) atoms. The summed E-state index contributed by atoms with van der Waals surface area (Å²) in [7, 11) is 0. The number of anilines is 1. The molecule has 2 aromatic rings. The number of esters is 2. The van der Waals surface area contributed by atoms with Crippen molar-refractivity contribution in [2.45, 2.75) is 24.7 Å². The van der Waals surface area contributed by atoms with E-state index in [1.54, 1.807) is 12.1 Å². The average molecular weight is 416 g/mol. The van der Waals surface area contributed by atoms with Gasteiger partial charge in [-0.2, -0.15) is 4.98 Å². The van der Waals surface area contributed by atoms with Crippen LogP contribution in [-0.2, 0) is 25.5 Å². The van der Waals surface area contributed by atoms with E-state index in [9.17, 15) is 14.7 Å². The van der Waals surface area contributed by atoms with Gasteiger partial charge in [-0.25, -0.2) is 14.6 Å². The van der Waals surface area contributed by atoms with Crippen LogP contribution in [0.5, 0.6) is 17.4 Å². The Morgan fingerprint density at radius 1 is 1.27 bits per heavy atom. The molecule has 11 heteroatoms. The van der Waals surface area contributed by atoms with E-state index in [2.05, 4.69) is 15.3 Å². The quantitative estimate of drug-likeness (QED) is 0.315. The molecular weight excluding hydrogens is 396 g/mol. The van der Waals surface area contributed by atoms with Crippen LogP contribution in [0.25, 0.3) is 0 Å². The number of nitrogens with zero attached hydrogens (tertiary/aromatic N) is 2. The molecule has 0 aliphatic carbocycles. The van der Waals surface area contributed by atoms with Gasteiger partial charge in [0.05, 0.1) is 13.2 Å². The van der Waals surface area contributed by atoms with Crippen molar-refractivity contribution < 1.29 is 33.6 Å². The van der Waals surface area contributed by atoms with Crippen LogP contribution in [0.4, 0.5) is 5.95 Å². The van der Waals surface area contributed by atoms with Crippen molar-refractivity contribution in [1.29, 1.82) is 0 Å². The number of hydrogen-bond acceptors (Lipinski definition) is 11. The molecule has 1 aromatic carbocycles. The summed E-state index contributed by atoms with van der Waals surface area (Å²) in [6, 6.07) is 6.21. The highest BCUT2D eigenvalue weighted by atomic mass is 16.8. The molecule has 4 N–H and O–H groups in total. The minimum absolute atomic E-state index is 0.0111. The lowest BCUT2D eigenvalue weighted by Crippen LogP contribution is -2.65. The number of nitrogens with one attached hydrogen (secondary N) is 1.